The van der Waals surface area contributed by atoms with Crippen molar-refractivity contribution >= 4 is 5.95 Å². The first-order valence-corrected chi connectivity index (χ1v) is 6.54. The summed E-state index contributed by atoms with van der Waals surface area (Å²) < 4.78 is 5.40. The van der Waals surface area contributed by atoms with E-state index in [1.807, 2.05) is 38.1 Å². The van der Waals surface area contributed by atoms with Crippen LogP contribution < -0.4 is 10.1 Å². The summed E-state index contributed by atoms with van der Waals surface area (Å²) in [5.41, 5.74) is 2.20. The fraction of sp³-hybridized carbons (Fsp3) is 0.333. The molecule has 1 N–H and O–H groups in total. The van der Waals surface area contributed by atoms with Crippen LogP contribution in [0.25, 0.3) is 0 Å². The molecule has 2 aromatic rings. The van der Waals surface area contributed by atoms with Crippen molar-refractivity contribution in [2.75, 3.05) is 18.5 Å². The molecule has 0 amide bonds. The highest BCUT2D eigenvalue weighted by molar-refractivity contribution is 5.31. The largest absolute Gasteiger partial charge is 0.478 e. The predicted molar refractivity (Wildman–Crippen MR) is 76.6 cm³/mol. The van der Waals surface area contributed by atoms with Gasteiger partial charge in [-0.1, -0.05) is 30.3 Å². The third kappa shape index (κ3) is 4.25. The molecule has 4 nitrogen and oxygen atoms in total. The molecule has 100 valence electrons. The molecule has 1 aromatic heterocycles. The third-order valence-electron chi connectivity index (χ3n) is 2.66. The first kappa shape index (κ1) is 13.3. The maximum Gasteiger partial charge on any atom is 0.226 e. The minimum absolute atomic E-state index is 0.611. The number of nitrogens with zero attached hydrogens (tertiary/aromatic N) is 2. The lowest BCUT2D eigenvalue weighted by Gasteiger charge is -2.08. The Morgan fingerprint density at radius 3 is 2.68 bits per heavy atom. The third-order valence-corrected chi connectivity index (χ3v) is 2.66. The first-order chi connectivity index (χ1) is 9.28. The molecule has 0 saturated heterocycles. The second-order valence-electron chi connectivity index (χ2n) is 4.27. The van der Waals surface area contributed by atoms with Crippen LogP contribution in [0.1, 0.15) is 18.2 Å². The van der Waals surface area contributed by atoms with Crippen LogP contribution in [0.5, 0.6) is 5.88 Å². The van der Waals surface area contributed by atoms with Crippen LogP contribution in [-0.4, -0.2) is 23.1 Å². The van der Waals surface area contributed by atoms with E-state index < -0.39 is 0 Å². The Hall–Kier alpha value is -2.10. The Bertz CT molecular complexity index is 514. The van der Waals surface area contributed by atoms with E-state index in [9.17, 15) is 0 Å². The summed E-state index contributed by atoms with van der Waals surface area (Å²) in [6, 6.07) is 12.2. The first-order valence-electron chi connectivity index (χ1n) is 6.54. The number of hydrogen-bond donors (Lipinski definition) is 1. The lowest BCUT2D eigenvalue weighted by Crippen LogP contribution is -2.09. The van der Waals surface area contributed by atoms with Gasteiger partial charge in [0.05, 0.1) is 6.61 Å². The Morgan fingerprint density at radius 2 is 1.95 bits per heavy atom. The highest BCUT2D eigenvalue weighted by Crippen LogP contribution is 2.12. The van der Waals surface area contributed by atoms with Crippen LogP contribution in [-0.2, 0) is 6.42 Å². The quantitative estimate of drug-likeness (QED) is 0.864. The lowest BCUT2D eigenvalue weighted by atomic mass is 10.1. The van der Waals surface area contributed by atoms with Gasteiger partial charge in [0.2, 0.25) is 11.8 Å². The Kier molecular flexibility index (Phi) is 4.72. The molecule has 0 saturated carbocycles. The van der Waals surface area contributed by atoms with Crippen LogP contribution >= 0.6 is 0 Å². The number of benzene rings is 1. The van der Waals surface area contributed by atoms with E-state index in [2.05, 4.69) is 27.4 Å². The summed E-state index contributed by atoms with van der Waals surface area (Å²) in [5.74, 6) is 1.25. The van der Waals surface area contributed by atoms with Gasteiger partial charge in [0.1, 0.15) is 0 Å². The summed E-state index contributed by atoms with van der Waals surface area (Å²) >= 11 is 0. The molecule has 0 aliphatic carbocycles. The average molecular weight is 257 g/mol. The van der Waals surface area contributed by atoms with Gasteiger partial charge in [0.15, 0.2) is 0 Å². The van der Waals surface area contributed by atoms with Gasteiger partial charge in [-0.05, 0) is 25.8 Å². The number of aryl methyl sites for hydroxylation is 1. The minimum Gasteiger partial charge on any atom is -0.478 e. The fourth-order valence-electron chi connectivity index (χ4n) is 1.80. The van der Waals surface area contributed by atoms with Crippen molar-refractivity contribution in [3.8, 4) is 5.88 Å². The molecule has 0 unspecified atom stereocenters. The highest BCUT2D eigenvalue weighted by Gasteiger charge is 2.02. The van der Waals surface area contributed by atoms with E-state index in [0.29, 0.717) is 18.4 Å². The van der Waals surface area contributed by atoms with Gasteiger partial charge < -0.3 is 10.1 Å². The van der Waals surface area contributed by atoms with Crippen molar-refractivity contribution in [2.45, 2.75) is 20.3 Å². The molecule has 0 radical (unpaired) electrons. The lowest BCUT2D eigenvalue weighted by molar-refractivity contribution is 0.326. The molecule has 0 aliphatic rings. The molecule has 19 heavy (non-hydrogen) atoms. The molecular formula is C15H19N3O. The summed E-state index contributed by atoms with van der Waals surface area (Å²) in [4.78, 5) is 8.66. The normalized spacial score (nSPS) is 10.2. The average Bonchev–Trinajstić information content (AvgIpc) is 2.40. The smallest absolute Gasteiger partial charge is 0.226 e. The van der Waals surface area contributed by atoms with Crippen LogP contribution in [0, 0.1) is 6.92 Å². The van der Waals surface area contributed by atoms with E-state index in [-0.39, 0.29) is 0 Å². The molecular weight excluding hydrogens is 238 g/mol. The van der Waals surface area contributed by atoms with Crippen LogP contribution in [0.2, 0.25) is 0 Å². The second kappa shape index (κ2) is 6.73. The van der Waals surface area contributed by atoms with Gasteiger partial charge in [0.25, 0.3) is 0 Å². The van der Waals surface area contributed by atoms with Gasteiger partial charge in [0, 0.05) is 18.3 Å². The number of rotatable bonds is 6. The molecule has 2 rings (SSSR count). The topological polar surface area (TPSA) is 47.0 Å². The number of ether oxygens (including phenoxy) is 1. The Morgan fingerprint density at radius 1 is 1.16 bits per heavy atom. The Labute approximate surface area is 113 Å². The zero-order valence-corrected chi connectivity index (χ0v) is 11.4. The van der Waals surface area contributed by atoms with Crippen molar-refractivity contribution in [3.63, 3.8) is 0 Å². The van der Waals surface area contributed by atoms with Gasteiger partial charge in [-0.15, -0.1) is 0 Å². The van der Waals surface area contributed by atoms with E-state index in [0.717, 1.165) is 18.7 Å². The predicted octanol–water partition coefficient (Wildman–Crippen LogP) is 2.84. The zero-order valence-electron chi connectivity index (χ0n) is 11.4. The molecule has 4 heteroatoms. The van der Waals surface area contributed by atoms with E-state index in [1.54, 1.807) is 0 Å². The Balaban J connectivity index is 1.92. The number of anilines is 1. The minimum atomic E-state index is 0.611. The molecule has 0 bridgehead atoms. The summed E-state index contributed by atoms with van der Waals surface area (Å²) in [5, 5.41) is 3.23. The van der Waals surface area contributed by atoms with Crippen molar-refractivity contribution in [2.24, 2.45) is 0 Å². The maximum atomic E-state index is 5.40. The summed E-state index contributed by atoms with van der Waals surface area (Å²) in [6.07, 6.45) is 0.947. The maximum absolute atomic E-state index is 5.40. The monoisotopic (exact) mass is 257 g/mol. The van der Waals surface area contributed by atoms with Crippen molar-refractivity contribution < 1.29 is 4.74 Å². The van der Waals surface area contributed by atoms with Gasteiger partial charge in [-0.3, -0.25) is 0 Å². The molecule has 0 aliphatic heterocycles. The molecule has 1 aromatic carbocycles. The fourth-order valence-corrected chi connectivity index (χ4v) is 1.80. The van der Waals surface area contributed by atoms with Crippen LogP contribution in [0.4, 0.5) is 5.95 Å². The van der Waals surface area contributed by atoms with Crippen molar-refractivity contribution in [1.82, 2.24) is 9.97 Å². The highest BCUT2D eigenvalue weighted by atomic mass is 16.5. The van der Waals surface area contributed by atoms with E-state index in [1.165, 1.54) is 5.56 Å². The second-order valence-corrected chi connectivity index (χ2v) is 4.27. The molecule has 0 atom stereocenters. The SMILES string of the molecule is CCOc1cc(C)nc(NCCc2ccccc2)n1. The zero-order chi connectivity index (χ0) is 13.5. The van der Waals surface area contributed by atoms with E-state index >= 15 is 0 Å². The van der Waals surface area contributed by atoms with E-state index in [4.69, 9.17) is 4.74 Å². The molecule has 0 spiro atoms. The number of aromatic nitrogens is 2. The molecule has 0 fully saturated rings. The number of nitrogens with one attached hydrogen (secondary N) is 1. The number of hydrogen-bond acceptors (Lipinski definition) is 4. The van der Waals surface area contributed by atoms with Crippen molar-refractivity contribution in [1.29, 1.82) is 0 Å². The standard InChI is InChI=1S/C15H19N3O/c1-3-19-14-11-12(2)17-15(18-14)16-10-9-13-7-5-4-6-8-13/h4-8,11H,3,9-10H2,1-2H3,(H,16,17,18). The van der Waals surface area contributed by atoms with Crippen LogP contribution in [0.3, 0.4) is 0 Å². The van der Waals surface area contributed by atoms with Gasteiger partial charge in [-0.2, -0.15) is 4.98 Å². The summed E-state index contributed by atoms with van der Waals surface area (Å²) in [6.45, 7) is 5.30. The molecule has 1 heterocycles. The van der Waals surface area contributed by atoms with Gasteiger partial charge >= 0.3 is 0 Å². The summed E-state index contributed by atoms with van der Waals surface area (Å²) in [7, 11) is 0. The van der Waals surface area contributed by atoms with Crippen LogP contribution in [0.15, 0.2) is 36.4 Å². The van der Waals surface area contributed by atoms with Crippen molar-refractivity contribution in [3.05, 3.63) is 47.7 Å². The van der Waals surface area contributed by atoms with Gasteiger partial charge in [-0.25, -0.2) is 4.98 Å².